The Kier molecular flexibility index (Phi) is 6.67. The van der Waals surface area contributed by atoms with Crippen LogP contribution in [0, 0.1) is 0 Å². The summed E-state index contributed by atoms with van der Waals surface area (Å²) in [5.74, 6) is 0.992. The first kappa shape index (κ1) is 14.0. The van der Waals surface area contributed by atoms with Crippen molar-refractivity contribution in [3.8, 4) is 5.75 Å². The third-order valence-electron chi connectivity index (χ3n) is 2.84. The van der Waals surface area contributed by atoms with Crippen molar-refractivity contribution in [2.24, 2.45) is 0 Å². The van der Waals surface area contributed by atoms with E-state index in [-0.39, 0.29) is 0 Å². The van der Waals surface area contributed by atoms with Crippen molar-refractivity contribution in [2.75, 3.05) is 27.2 Å². The first-order valence-corrected chi connectivity index (χ1v) is 6.33. The third kappa shape index (κ3) is 4.75. The highest BCUT2D eigenvalue weighted by Gasteiger charge is 2.02. The summed E-state index contributed by atoms with van der Waals surface area (Å²) in [6.07, 6.45) is 2.17. The Balaban J connectivity index is 2.43. The topological polar surface area (TPSA) is 33.3 Å². The minimum atomic E-state index is 0.931. The summed E-state index contributed by atoms with van der Waals surface area (Å²) < 4.78 is 5.32. The second-order valence-corrected chi connectivity index (χ2v) is 4.13. The van der Waals surface area contributed by atoms with Crippen molar-refractivity contribution < 1.29 is 4.74 Å². The molecule has 3 heteroatoms. The van der Waals surface area contributed by atoms with Crippen LogP contribution in [0.3, 0.4) is 0 Å². The Morgan fingerprint density at radius 3 is 2.71 bits per heavy atom. The fourth-order valence-corrected chi connectivity index (χ4v) is 1.84. The van der Waals surface area contributed by atoms with Crippen molar-refractivity contribution in [3.05, 3.63) is 29.3 Å². The second-order valence-electron chi connectivity index (χ2n) is 4.13. The van der Waals surface area contributed by atoms with Crippen LogP contribution in [0.5, 0.6) is 5.75 Å². The van der Waals surface area contributed by atoms with Gasteiger partial charge in [0, 0.05) is 6.54 Å². The van der Waals surface area contributed by atoms with Gasteiger partial charge < -0.3 is 15.4 Å². The minimum Gasteiger partial charge on any atom is -0.496 e. The highest BCUT2D eigenvalue weighted by atomic mass is 16.5. The quantitative estimate of drug-likeness (QED) is 0.677. The first-order chi connectivity index (χ1) is 8.31. The van der Waals surface area contributed by atoms with Crippen LogP contribution in [-0.2, 0) is 13.0 Å². The first-order valence-electron chi connectivity index (χ1n) is 6.33. The molecule has 0 aliphatic heterocycles. The molecule has 0 saturated heterocycles. The lowest BCUT2D eigenvalue weighted by atomic mass is 10.1. The molecule has 2 N–H and O–H groups in total. The average molecular weight is 236 g/mol. The molecule has 0 aliphatic carbocycles. The van der Waals surface area contributed by atoms with Gasteiger partial charge in [-0.05, 0) is 50.2 Å². The smallest absolute Gasteiger partial charge is 0.122 e. The van der Waals surface area contributed by atoms with Crippen LogP contribution in [0.2, 0.25) is 0 Å². The molecule has 0 bridgehead atoms. The molecule has 0 amide bonds. The molecule has 0 aliphatic rings. The van der Waals surface area contributed by atoms with Gasteiger partial charge in [-0.2, -0.15) is 0 Å². The Hall–Kier alpha value is -1.06. The van der Waals surface area contributed by atoms with Crippen LogP contribution >= 0.6 is 0 Å². The van der Waals surface area contributed by atoms with Crippen molar-refractivity contribution in [3.63, 3.8) is 0 Å². The number of hydrogen-bond donors (Lipinski definition) is 2. The van der Waals surface area contributed by atoms with E-state index in [1.54, 1.807) is 7.11 Å². The molecule has 3 nitrogen and oxygen atoms in total. The molecule has 0 radical (unpaired) electrons. The lowest BCUT2D eigenvalue weighted by molar-refractivity contribution is 0.410. The van der Waals surface area contributed by atoms with Crippen molar-refractivity contribution >= 4 is 0 Å². The van der Waals surface area contributed by atoms with Gasteiger partial charge in [-0.15, -0.1) is 0 Å². The summed E-state index contributed by atoms with van der Waals surface area (Å²) in [6, 6.07) is 6.41. The van der Waals surface area contributed by atoms with E-state index in [9.17, 15) is 0 Å². The fourth-order valence-electron chi connectivity index (χ4n) is 1.84. The van der Waals surface area contributed by atoms with Crippen molar-refractivity contribution in [1.82, 2.24) is 10.6 Å². The van der Waals surface area contributed by atoms with Crippen molar-refractivity contribution in [1.29, 1.82) is 0 Å². The van der Waals surface area contributed by atoms with Crippen LogP contribution in [-0.4, -0.2) is 27.2 Å². The SMILES string of the molecule is CCc1cc(CNCCCNC)ccc1OC. The molecule has 0 heterocycles. The summed E-state index contributed by atoms with van der Waals surface area (Å²) in [4.78, 5) is 0. The van der Waals surface area contributed by atoms with Gasteiger partial charge in [0.2, 0.25) is 0 Å². The van der Waals surface area contributed by atoms with Gasteiger partial charge in [0.05, 0.1) is 7.11 Å². The molecule has 1 rings (SSSR count). The van der Waals surface area contributed by atoms with E-state index in [2.05, 4.69) is 35.8 Å². The van der Waals surface area contributed by atoms with Crippen LogP contribution in [0.25, 0.3) is 0 Å². The Morgan fingerprint density at radius 2 is 2.06 bits per heavy atom. The van der Waals surface area contributed by atoms with E-state index in [0.29, 0.717) is 0 Å². The normalized spacial score (nSPS) is 10.5. The number of ether oxygens (including phenoxy) is 1. The molecule has 0 fully saturated rings. The van der Waals surface area contributed by atoms with E-state index < -0.39 is 0 Å². The minimum absolute atomic E-state index is 0.931. The number of nitrogens with one attached hydrogen (secondary N) is 2. The average Bonchev–Trinajstić information content (AvgIpc) is 2.38. The zero-order valence-corrected chi connectivity index (χ0v) is 11.2. The number of aryl methyl sites for hydroxylation is 1. The van der Waals surface area contributed by atoms with Crippen molar-refractivity contribution in [2.45, 2.75) is 26.3 Å². The molecule has 0 saturated carbocycles. The summed E-state index contributed by atoms with van der Waals surface area (Å²) in [5.41, 5.74) is 2.61. The number of benzene rings is 1. The zero-order valence-electron chi connectivity index (χ0n) is 11.2. The second kappa shape index (κ2) is 8.09. The highest BCUT2D eigenvalue weighted by Crippen LogP contribution is 2.20. The van der Waals surface area contributed by atoms with Gasteiger partial charge in [0.1, 0.15) is 5.75 Å². The molecule has 0 spiro atoms. The molecule has 96 valence electrons. The predicted molar refractivity (Wildman–Crippen MR) is 72.6 cm³/mol. The molecule has 17 heavy (non-hydrogen) atoms. The Morgan fingerprint density at radius 1 is 1.24 bits per heavy atom. The molecular weight excluding hydrogens is 212 g/mol. The maximum Gasteiger partial charge on any atom is 0.122 e. The Labute approximate surface area is 105 Å². The maximum atomic E-state index is 5.32. The lowest BCUT2D eigenvalue weighted by Gasteiger charge is -2.10. The molecule has 1 aromatic carbocycles. The molecule has 1 aromatic rings. The van der Waals surface area contributed by atoms with Gasteiger partial charge in [0.15, 0.2) is 0 Å². The highest BCUT2D eigenvalue weighted by molar-refractivity contribution is 5.37. The molecule has 0 atom stereocenters. The van der Waals surface area contributed by atoms with E-state index in [4.69, 9.17) is 4.74 Å². The zero-order chi connectivity index (χ0) is 12.5. The van der Waals surface area contributed by atoms with Gasteiger partial charge in [-0.3, -0.25) is 0 Å². The number of rotatable bonds is 8. The monoisotopic (exact) mass is 236 g/mol. The van der Waals surface area contributed by atoms with Gasteiger partial charge >= 0.3 is 0 Å². The lowest BCUT2D eigenvalue weighted by Crippen LogP contribution is -2.19. The molecular formula is C14H24N2O. The van der Waals surface area contributed by atoms with Crippen LogP contribution < -0.4 is 15.4 Å². The van der Waals surface area contributed by atoms with Crippen LogP contribution in [0.15, 0.2) is 18.2 Å². The van der Waals surface area contributed by atoms with E-state index >= 15 is 0 Å². The molecule has 0 unspecified atom stereocenters. The van der Waals surface area contributed by atoms with E-state index in [1.807, 2.05) is 7.05 Å². The summed E-state index contributed by atoms with van der Waals surface area (Å²) in [6.45, 7) is 5.20. The Bertz CT molecular complexity index is 326. The molecule has 0 aromatic heterocycles. The predicted octanol–water partition coefficient (Wildman–Crippen LogP) is 1.96. The number of methoxy groups -OCH3 is 1. The van der Waals surface area contributed by atoms with Crippen LogP contribution in [0.4, 0.5) is 0 Å². The maximum absolute atomic E-state index is 5.32. The summed E-state index contributed by atoms with van der Waals surface area (Å²) in [5, 5.41) is 6.59. The summed E-state index contributed by atoms with van der Waals surface area (Å²) in [7, 11) is 3.71. The summed E-state index contributed by atoms with van der Waals surface area (Å²) >= 11 is 0. The largest absolute Gasteiger partial charge is 0.496 e. The van der Waals surface area contributed by atoms with E-state index in [1.165, 1.54) is 11.1 Å². The van der Waals surface area contributed by atoms with Gasteiger partial charge in [-0.1, -0.05) is 19.1 Å². The van der Waals surface area contributed by atoms with Crippen LogP contribution in [0.1, 0.15) is 24.5 Å². The van der Waals surface area contributed by atoms with E-state index in [0.717, 1.165) is 38.2 Å². The van der Waals surface area contributed by atoms with Gasteiger partial charge in [-0.25, -0.2) is 0 Å². The standard InChI is InChI=1S/C14H24N2O/c1-4-13-10-12(6-7-14(13)17-3)11-16-9-5-8-15-2/h6-7,10,15-16H,4-5,8-9,11H2,1-3H3. The van der Waals surface area contributed by atoms with Gasteiger partial charge in [0.25, 0.3) is 0 Å². The number of hydrogen-bond acceptors (Lipinski definition) is 3. The third-order valence-corrected chi connectivity index (χ3v) is 2.84. The fraction of sp³-hybridized carbons (Fsp3) is 0.571.